The summed E-state index contributed by atoms with van der Waals surface area (Å²) in [5.41, 5.74) is 5.20. The maximum Gasteiger partial charge on any atom is 0.122 e. The summed E-state index contributed by atoms with van der Waals surface area (Å²) in [6.07, 6.45) is 1.09. The van der Waals surface area contributed by atoms with Crippen molar-refractivity contribution in [3.8, 4) is 5.75 Å². The van der Waals surface area contributed by atoms with Crippen molar-refractivity contribution >= 4 is 5.69 Å². The molecule has 0 spiro atoms. The number of aryl methyl sites for hydroxylation is 1. The number of nitrogens with one attached hydrogen (secondary N) is 1. The van der Waals surface area contributed by atoms with E-state index in [1.807, 2.05) is 0 Å². The van der Waals surface area contributed by atoms with Gasteiger partial charge in [0.15, 0.2) is 0 Å². The Bertz CT molecular complexity index is 621. The molecule has 2 aromatic rings. The normalized spacial score (nSPS) is 20.9. The molecule has 2 aromatic carbocycles. The quantitative estimate of drug-likeness (QED) is 0.874. The van der Waals surface area contributed by atoms with Crippen LogP contribution in [0.25, 0.3) is 0 Å². The molecule has 104 valence electrons. The molecule has 0 aromatic heterocycles. The second-order valence-electron chi connectivity index (χ2n) is 5.67. The van der Waals surface area contributed by atoms with E-state index >= 15 is 0 Å². The molecule has 0 fully saturated rings. The molecule has 2 nitrogen and oxygen atoms in total. The highest BCUT2D eigenvalue weighted by atomic mass is 16.5. The number of methoxy groups -OCH3 is 1. The zero-order valence-electron chi connectivity index (χ0n) is 12.3. The Labute approximate surface area is 120 Å². The lowest BCUT2D eigenvalue weighted by molar-refractivity contribution is 0.405. The van der Waals surface area contributed by atoms with Crippen molar-refractivity contribution in [3.05, 3.63) is 59.2 Å². The summed E-state index contributed by atoms with van der Waals surface area (Å²) >= 11 is 0. The maximum atomic E-state index is 5.58. The first kappa shape index (κ1) is 13.0. The molecule has 1 N–H and O–H groups in total. The summed E-state index contributed by atoms with van der Waals surface area (Å²) in [6.45, 7) is 4.38. The first-order chi connectivity index (χ1) is 9.69. The Morgan fingerprint density at radius 1 is 1.10 bits per heavy atom. The predicted octanol–water partition coefficient (Wildman–Crippen LogP) is 4.34. The van der Waals surface area contributed by atoms with Crippen LogP contribution in [0, 0.1) is 6.92 Å². The lowest BCUT2D eigenvalue weighted by Crippen LogP contribution is -2.26. The second kappa shape index (κ2) is 5.20. The van der Waals surface area contributed by atoms with Gasteiger partial charge in [-0.1, -0.05) is 35.9 Å². The van der Waals surface area contributed by atoms with E-state index in [1.165, 1.54) is 22.4 Å². The molecule has 0 aliphatic carbocycles. The van der Waals surface area contributed by atoms with Crippen LogP contribution in [-0.4, -0.2) is 13.2 Å². The molecular formula is C18H21NO. The summed E-state index contributed by atoms with van der Waals surface area (Å²) in [5, 5.41) is 3.57. The number of fused-ring (bicyclic) bond motifs is 1. The molecule has 3 rings (SSSR count). The molecule has 0 saturated heterocycles. The van der Waals surface area contributed by atoms with Crippen molar-refractivity contribution in [2.45, 2.75) is 32.2 Å². The van der Waals surface area contributed by atoms with E-state index < -0.39 is 0 Å². The highest BCUT2D eigenvalue weighted by molar-refractivity contribution is 5.59. The van der Waals surface area contributed by atoms with E-state index in [1.54, 1.807) is 7.11 Å². The molecule has 0 bridgehead atoms. The molecule has 1 heterocycles. The maximum absolute atomic E-state index is 5.58. The molecule has 2 atom stereocenters. The average molecular weight is 267 g/mol. The molecule has 2 heteroatoms. The summed E-state index contributed by atoms with van der Waals surface area (Å²) in [4.78, 5) is 0. The first-order valence-electron chi connectivity index (χ1n) is 7.19. The molecule has 0 radical (unpaired) electrons. The third-order valence-electron chi connectivity index (χ3n) is 4.09. The molecule has 1 aliphatic heterocycles. The van der Waals surface area contributed by atoms with Crippen molar-refractivity contribution in [1.29, 1.82) is 0 Å². The van der Waals surface area contributed by atoms with E-state index in [4.69, 9.17) is 4.74 Å². The summed E-state index contributed by atoms with van der Waals surface area (Å²) < 4.78 is 5.58. The Hall–Kier alpha value is -1.96. The number of anilines is 1. The van der Waals surface area contributed by atoms with E-state index in [0.717, 1.165) is 12.2 Å². The van der Waals surface area contributed by atoms with E-state index in [0.29, 0.717) is 12.0 Å². The molecule has 0 amide bonds. The molecular weight excluding hydrogens is 246 g/mol. The number of hydrogen-bond acceptors (Lipinski definition) is 2. The summed E-state index contributed by atoms with van der Waals surface area (Å²) in [5.74, 6) is 1.39. The van der Waals surface area contributed by atoms with Gasteiger partial charge in [-0.2, -0.15) is 0 Å². The van der Waals surface area contributed by atoms with Gasteiger partial charge < -0.3 is 10.1 Å². The highest BCUT2D eigenvalue weighted by Crippen LogP contribution is 2.42. The number of ether oxygens (including phenoxy) is 1. The van der Waals surface area contributed by atoms with Gasteiger partial charge in [0, 0.05) is 23.2 Å². The van der Waals surface area contributed by atoms with Crippen LogP contribution >= 0.6 is 0 Å². The Morgan fingerprint density at radius 3 is 2.70 bits per heavy atom. The van der Waals surface area contributed by atoms with Crippen molar-refractivity contribution < 1.29 is 4.74 Å². The predicted molar refractivity (Wildman–Crippen MR) is 83.7 cm³/mol. The minimum Gasteiger partial charge on any atom is -0.496 e. The topological polar surface area (TPSA) is 21.3 Å². The van der Waals surface area contributed by atoms with Gasteiger partial charge >= 0.3 is 0 Å². The van der Waals surface area contributed by atoms with Gasteiger partial charge in [-0.25, -0.2) is 0 Å². The van der Waals surface area contributed by atoms with Crippen molar-refractivity contribution in [3.63, 3.8) is 0 Å². The summed E-state index contributed by atoms with van der Waals surface area (Å²) in [6, 6.07) is 15.5. The fraction of sp³-hybridized carbons (Fsp3) is 0.333. The number of benzene rings is 2. The van der Waals surface area contributed by atoms with Crippen LogP contribution < -0.4 is 10.1 Å². The van der Waals surface area contributed by atoms with E-state index in [9.17, 15) is 0 Å². The summed E-state index contributed by atoms with van der Waals surface area (Å²) in [7, 11) is 1.75. The largest absolute Gasteiger partial charge is 0.496 e. The van der Waals surface area contributed by atoms with Crippen LogP contribution in [0.4, 0.5) is 5.69 Å². The van der Waals surface area contributed by atoms with Gasteiger partial charge in [-0.15, -0.1) is 0 Å². The fourth-order valence-corrected chi connectivity index (χ4v) is 3.16. The Balaban J connectivity index is 2.13. The zero-order chi connectivity index (χ0) is 14.1. The van der Waals surface area contributed by atoms with Crippen LogP contribution in [0.3, 0.4) is 0 Å². The zero-order valence-corrected chi connectivity index (χ0v) is 12.3. The highest BCUT2D eigenvalue weighted by Gasteiger charge is 2.27. The molecule has 0 saturated carbocycles. The van der Waals surface area contributed by atoms with Gasteiger partial charge in [0.1, 0.15) is 5.75 Å². The van der Waals surface area contributed by atoms with Crippen LogP contribution in [0.15, 0.2) is 42.5 Å². The Morgan fingerprint density at radius 2 is 1.90 bits per heavy atom. The van der Waals surface area contributed by atoms with Gasteiger partial charge in [-0.3, -0.25) is 0 Å². The lowest BCUT2D eigenvalue weighted by Gasteiger charge is -2.32. The molecule has 2 unspecified atom stereocenters. The number of para-hydroxylation sites is 1. The SMILES string of the molecule is COc1ccc(C)cc1C1CC(C)Nc2ccccc21. The van der Waals surface area contributed by atoms with E-state index in [-0.39, 0.29) is 0 Å². The molecule has 20 heavy (non-hydrogen) atoms. The monoisotopic (exact) mass is 267 g/mol. The third kappa shape index (κ3) is 2.26. The van der Waals surface area contributed by atoms with Crippen LogP contribution in [0.5, 0.6) is 5.75 Å². The standard InChI is InChI=1S/C18H21NO/c1-12-8-9-18(20-3)16(10-12)15-11-13(2)19-17-7-5-4-6-14(15)17/h4-10,13,15,19H,11H2,1-3H3. The smallest absolute Gasteiger partial charge is 0.122 e. The van der Waals surface area contributed by atoms with Crippen molar-refractivity contribution in [1.82, 2.24) is 0 Å². The minimum absolute atomic E-state index is 0.400. The lowest BCUT2D eigenvalue weighted by atomic mass is 9.81. The van der Waals surface area contributed by atoms with Crippen LogP contribution in [-0.2, 0) is 0 Å². The number of hydrogen-bond donors (Lipinski definition) is 1. The van der Waals surface area contributed by atoms with Gasteiger partial charge in [0.25, 0.3) is 0 Å². The minimum atomic E-state index is 0.400. The van der Waals surface area contributed by atoms with Gasteiger partial charge in [0.05, 0.1) is 7.11 Å². The van der Waals surface area contributed by atoms with Gasteiger partial charge in [-0.05, 0) is 38.0 Å². The van der Waals surface area contributed by atoms with Crippen LogP contribution in [0.1, 0.15) is 36.0 Å². The van der Waals surface area contributed by atoms with Crippen molar-refractivity contribution in [2.75, 3.05) is 12.4 Å². The Kier molecular flexibility index (Phi) is 3.39. The third-order valence-corrected chi connectivity index (χ3v) is 4.09. The van der Waals surface area contributed by atoms with Crippen molar-refractivity contribution in [2.24, 2.45) is 0 Å². The molecule has 1 aliphatic rings. The van der Waals surface area contributed by atoms with Gasteiger partial charge in [0.2, 0.25) is 0 Å². The fourth-order valence-electron chi connectivity index (χ4n) is 3.16. The number of rotatable bonds is 2. The van der Waals surface area contributed by atoms with Crippen LogP contribution in [0.2, 0.25) is 0 Å². The average Bonchev–Trinajstić information content (AvgIpc) is 2.46. The van der Waals surface area contributed by atoms with E-state index in [2.05, 4.69) is 61.6 Å². The second-order valence-corrected chi connectivity index (χ2v) is 5.67. The first-order valence-corrected chi connectivity index (χ1v) is 7.19.